The summed E-state index contributed by atoms with van der Waals surface area (Å²) in [6.07, 6.45) is 4.09. The zero-order valence-electron chi connectivity index (χ0n) is 11.9. The molecular weight excluding hydrogens is 228 g/mol. The Kier molecular flexibility index (Phi) is 5.42. The van der Waals surface area contributed by atoms with Gasteiger partial charge in [0.25, 0.3) is 0 Å². The van der Waals surface area contributed by atoms with Crippen molar-refractivity contribution < 1.29 is 9.47 Å². The minimum atomic E-state index is 0.325. The normalized spacial score (nSPS) is 34.0. The van der Waals surface area contributed by atoms with Crippen LogP contribution in [-0.2, 0) is 9.47 Å². The Balaban J connectivity index is 1.87. The Morgan fingerprint density at radius 2 is 2.39 bits per heavy atom. The lowest BCUT2D eigenvalue weighted by Crippen LogP contribution is -2.49. The monoisotopic (exact) mass is 256 g/mol. The largest absolute Gasteiger partial charge is 0.381 e. The molecule has 0 amide bonds. The van der Waals surface area contributed by atoms with Crippen molar-refractivity contribution in [1.29, 1.82) is 0 Å². The van der Waals surface area contributed by atoms with Crippen LogP contribution in [0.1, 0.15) is 26.2 Å². The van der Waals surface area contributed by atoms with Gasteiger partial charge in [0.2, 0.25) is 0 Å². The lowest BCUT2D eigenvalue weighted by Gasteiger charge is -2.38. The fraction of sp³-hybridized carbons (Fsp3) is 1.00. The van der Waals surface area contributed by atoms with Gasteiger partial charge in [-0.25, -0.2) is 0 Å². The molecule has 2 rings (SSSR count). The number of likely N-dealkylation sites (tertiary alicyclic amines) is 1. The number of hydrogen-bond donors (Lipinski definition) is 1. The Labute approximate surface area is 111 Å². The quantitative estimate of drug-likeness (QED) is 0.772. The zero-order chi connectivity index (χ0) is 12.8. The van der Waals surface area contributed by atoms with Gasteiger partial charge in [-0.05, 0) is 32.4 Å². The van der Waals surface area contributed by atoms with E-state index in [0.717, 1.165) is 39.4 Å². The molecular formula is C14H28N2O2. The van der Waals surface area contributed by atoms with Gasteiger partial charge in [0.15, 0.2) is 0 Å². The van der Waals surface area contributed by atoms with Gasteiger partial charge in [0.05, 0.1) is 12.7 Å². The van der Waals surface area contributed by atoms with Gasteiger partial charge in [0.1, 0.15) is 0 Å². The summed E-state index contributed by atoms with van der Waals surface area (Å²) in [6.45, 7) is 9.59. The van der Waals surface area contributed by atoms with Gasteiger partial charge >= 0.3 is 0 Å². The molecule has 0 bridgehead atoms. The third-order valence-electron chi connectivity index (χ3n) is 4.29. The number of nitrogens with one attached hydrogen (secondary N) is 1. The average Bonchev–Trinajstić information content (AvgIpc) is 2.85. The first kappa shape index (κ1) is 14.3. The second-order valence-corrected chi connectivity index (χ2v) is 5.82. The maximum absolute atomic E-state index is 5.65. The third kappa shape index (κ3) is 3.67. The number of rotatable bonds is 6. The average molecular weight is 256 g/mol. The van der Waals surface area contributed by atoms with Crippen LogP contribution >= 0.6 is 0 Å². The van der Waals surface area contributed by atoms with Crippen molar-refractivity contribution >= 4 is 0 Å². The fourth-order valence-electron chi connectivity index (χ4n) is 3.18. The number of ether oxygens (including phenoxy) is 2. The van der Waals surface area contributed by atoms with E-state index in [4.69, 9.17) is 9.47 Å². The van der Waals surface area contributed by atoms with Crippen LogP contribution in [0.4, 0.5) is 0 Å². The van der Waals surface area contributed by atoms with E-state index in [2.05, 4.69) is 17.1 Å². The van der Waals surface area contributed by atoms with E-state index in [0.29, 0.717) is 11.5 Å². The van der Waals surface area contributed by atoms with Crippen molar-refractivity contribution in [2.45, 2.75) is 32.3 Å². The van der Waals surface area contributed by atoms with Crippen LogP contribution in [0.25, 0.3) is 0 Å². The van der Waals surface area contributed by atoms with Crippen LogP contribution in [0.5, 0.6) is 0 Å². The molecule has 2 aliphatic heterocycles. The molecule has 0 aromatic rings. The minimum absolute atomic E-state index is 0.325. The highest BCUT2D eigenvalue weighted by Gasteiger charge is 2.37. The van der Waals surface area contributed by atoms with Gasteiger partial charge in [-0.15, -0.1) is 0 Å². The summed E-state index contributed by atoms with van der Waals surface area (Å²) in [5.74, 6) is 0. The Morgan fingerprint density at radius 3 is 3.06 bits per heavy atom. The van der Waals surface area contributed by atoms with Crippen molar-refractivity contribution in [3.05, 3.63) is 0 Å². The minimum Gasteiger partial charge on any atom is -0.381 e. The smallest absolute Gasteiger partial charge is 0.0698 e. The fourth-order valence-corrected chi connectivity index (χ4v) is 3.18. The Hall–Kier alpha value is -0.160. The van der Waals surface area contributed by atoms with Gasteiger partial charge < -0.3 is 19.7 Å². The van der Waals surface area contributed by atoms with E-state index in [1.54, 1.807) is 0 Å². The van der Waals surface area contributed by atoms with Crippen LogP contribution < -0.4 is 5.32 Å². The van der Waals surface area contributed by atoms with E-state index in [-0.39, 0.29) is 0 Å². The molecule has 2 heterocycles. The summed E-state index contributed by atoms with van der Waals surface area (Å²) in [5.41, 5.74) is 0.325. The molecule has 106 valence electrons. The molecule has 2 unspecified atom stereocenters. The topological polar surface area (TPSA) is 33.7 Å². The maximum Gasteiger partial charge on any atom is 0.0698 e. The predicted octanol–water partition coefficient (Wildman–Crippen LogP) is 1.11. The molecule has 0 saturated carbocycles. The van der Waals surface area contributed by atoms with E-state index < -0.39 is 0 Å². The highest BCUT2D eigenvalue weighted by molar-refractivity contribution is 4.90. The van der Waals surface area contributed by atoms with Crippen molar-refractivity contribution in [3.8, 4) is 0 Å². The first-order valence-corrected chi connectivity index (χ1v) is 7.31. The summed E-state index contributed by atoms with van der Waals surface area (Å²) in [5, 5.41) is 3.51. The molecule has 2 atom stereocenters. The van der Waals surface area contributed by atoms with E-state index >= 15 is 0 Å². The Bertz CT molecular complexity index is 242. The maximum atomic E-state index is 5.65. The zero-order valence-corrected chi connectivity index (χ0v) is 11.9. The van der Waals surface area contributed by atoms with Gasteiger partial charge in [-0.2, -0.15) is 0 Å². The summed E-state index contributed by atoms with van der Waals surface area (Å²) in [4.78, 5) is 2.57. The van der Waals surface area contributed by atoms with Gasteiger partial charge in [-0.1, -0.05) is 6.92 Å². The van der Waals surface area contributed by atoms with Crippen molar-refractivity contribution in [1.82, 2.24) is 10.2 Å². The van der Waals surface area contributed by atoms with Gasteiger partial charge in [-0.3, -0.25) is 0 Å². The molecule has 0 aliphatic carbocycles. The molecule has 2 fully saturated rings. The molecule has 0 aromatic heterocycles. The first-order valence-electron chi connectivity index (χ1n) is 7.31. The first-order chi connectivity index (χ1) is 8.78. The summed E-state index contributed by atoms with van der Waals surface area (Å²) >= 11 is 0. The number of nitrogens with zero attached hydrogens (tertiary/aromatic N) is 1. The summed E-state index contributed by atoms with van der Waals surface area (Å²) in [7, 11) is 1.83. The van der Waals surface area contributed by atoms with Crippen LogP contribution in [0.2, 0.25) is 0 Å². The predicted molar refractivity (Wildman–Crippen MR) is 72.9 cm³/mol. The van der Waals surface area contributed by atoms with Gasteiger partial charge in [0, 0.05) is 38.8 Å². The highest BCUT2D eigenvalue weighted by atomic mass is 16.5. The van der Waals surface area contributed by atoms with Crippen molar-refractivity contribution in [2.24, 2.45) is 5.41 Å². The molecule has 1 N–H and O–H groups in total. The summed E-state index contributed by atoms with van der Waals surface area (Å²) in [6, 6.07) is 0. The molecule has 4 nitrogen and oxygen atoms in total. The number of hydrogen-bond acceptors (Lipinski definition) is 4. The highest BCUT2D eigenvalue weighted by Crippen LogP contribution is 2.30. The van der Waals surface area contributed by atoms with E-state index in [1.165, 1.54) is 25.8 Å². The van der Waals surface area contributed by atoms with Crippen LogP contribution in [0.3, 0.4) is 0 Å². The third-order valence-corrected chi connectivity index (χ3v) is 4.29. The molecule has 4 heteroatoms. The molecule has 2 aliphatic rings. The standard InChI is InChI=1S/C14H28N2O2/c1-3-15-10-14(6-8-18-12-14)11-16-7-4-5-13(9-16)17-2/h13,15H,3-12H2,1-2H3. The number of piperidine rings is 1. The van der Waals surface area contributed by atoms with Crippen LogP contribution in [0.15, 0.2) is 0 Å². The van der Waals surface area contributed by atoms with E-state index in [1.807, 2.05) is 7.11 Å². The summed E-state index contributed by atoms with van der Waals surface area (Å²) < 4.78 is 11.2. The number of methoxy groups -OCH3 is 1. The Morgan fingerprint density at radius 1 is 1.50 bits per heavy atom. The second-order valence-electron chi connectivity index (χ2n) is 5.82. The SMILES string of the molecule is CCNCC1(CN2CCCC(OC)C2)CCOC1. The second kappa shape index (κ2) is 6.85. The molecule has 18 heavy (non-hydrogen) atoms. The van der Waals surface area contributed by atoms with Crippen LogP contribution in [0, 0.1) is 5.41 Å². The molecule has 0 radical (unpaired) electrons. The lowest BCUT2D eigenvalue weighted by atomic mass is 9.85. The van der Waals surface area contributed by atoms with Crippen molar-refractivity contribution in [3.63, 3.8) is 0 Å². The van der Waals surface area contributed by atoms with Crippen LogP contribution in [-0.4, -0.2) is 64.1 Å². The van der Waals surface area contributed by atoms with E-state index in [9.17, 15) is 0 Å². The molecule has 0 aromatic carbocycles. The molecule has 2 saturated heterocycles. The van der Waals surface area contributed by atoms with Crippen molar-refractivity contribution in [2.75, 3.05) is 53.0 Å². The molecule has 0 spiro atoms. The lowest BCUT2D eigenvalue weighted by molar-refractivity contribution is 0.0117.